The molecule has 5 heteroatoms. The first-order chi connectivity index (χ1) is 20.4. The minimum atomic E-state index is -0.460. The second kappa shape index (κ2) is 16.6. The van der Waals surface area contributed by atoms with E-state index < -0.39 is 11.7 Å². The van der Waals surface area contributed by atoms with E-state index in [1.165, 1.54) is 34.9 Å². The molecule has 1 aromatic carbocycles. The molecular weight excluding hydrogens is 528 g/mol. The molecule has 2 atom stereocenters. The van der Waals surface area contributed by atoms with Gasteiger partial charge in [0, 0.05) is 18.9 Å². The maximum absolute atomic E-state index is 15.1. The lowest BCUT2D eigenvalue weighted by atomic mass is 9.83. The van der Waals surface area contributed by atoms with Crippen LogP contribution in [0.1, 0.15) is 90.0 Å². The van der Waals surface area contributed by atoms with Gasteiger partial charge >= 0.3 is 0 Å². The molecule has 1 saturated heterocycles. The van der Waals surface area contributed by atoms with Gasteiger partial charge in [0.15, 0.2) is 0 Å². The third-order valence-electron chi connectivity index (χ3n) is 8.74. The Balaban J connectivity index is 1.54. The third-order valence-corrected chi connectivity index (χ3v) is 8.74. The van der Waals surface area contributed by atoms with E-state index in [-0.39, 0.29) is 17.3 Å². The van der Waals surface area contributed by atoms with Crippen molar-refractivity contribution in [1.29, 1.82) is 0 Å². The molecule has 1 heterocycles. The highest BCUT2D eigenvalue weighted by Crippen LogP contribution is 2.34. The van der Waals surface area contributed by atoms with E-state index in [1.54, 1.807) is 12.2 Å². The molecular formula is C37H47F2NO2. The summed E-state index contributed by atoms with van der Waals surface area (Å²) < 4.78 is 34.1. The number of carbonyl (C=O) groups excluding carboxylic acids is 1. The molecule has 0 saturated carbocycles. The summed E-state index contributed by atoms with van der Waals surface area (Å²) in [5.74, 6) is -0.458. The molecule has 0 radical (unpaired) electrons. The third kappa shape index (κ3) is 9.76. The van der Waals surface area contributed by atoms with Crippen molar-refractivity contribution in [2.45, 2.75) is 90.9 Å². The van der Waals surface area contributed by atoms with E-state index >= 15 is 4.39 Å². The minimum Gasteiger partial charge on any atom is -0.381 e. The Morgan fingerprint density at radius 2 is 1.74 bits per heavy atom. The molecule has 1 amide bonds. The standard InChI is InChI=1S/C37H47F2NO2/c1-27-9-7-14-34(35(39)23-15-27)37(41)40-36-24-19-30(11-4-3-10-29-17-20-32(38)21-18-29)28(2)16-22-33(36)31-12-5-6-25-42-26-8-13-31/h7,9,14,17-21,23-24,27,31H,3-6,8,10-13,15-16,22,25-26H2,1-2H3,(H,40,41). The fourth-order valence-electron chi connectivity index (χ4n) is 6.08. The van der Waals surface area contributed by atoms with E-state index in [0.29, 0.717) is 12.3 Å². The fourth-order valence-corrected chi connectivity index (χ4v) is 6.08. The Labute approximate surface area is 251 Å². The summed E-state index contributed by atoms with van der Waals surface area (Å²) in [5.41, 5.74) is 6.03. The lowest BCUT2D eigenvalue weighted by Crippen LogP contribution is -2.27. The number of rotatable bonds is 8. The first-order valence-corrected chi connectivity index (χ1v) is 15.9. The number of allylic oxidation sites excluding steroid dienone is 9. The van der Waals surface area contributed by atoms with Gasteiger partial charge in [-0.05, 0) is 136 Å². The Kier molecular flexibility index (Phi) is 12.6. The number of amides is 1. The zero-order chi connectivity index (χ0) is 29.7. The smallest absolute Gasteiger partial charge is 0.258 e. The zero-order valence-electron chi connectivity index (χ0n) is 25.4. The minimum absolute atomic E-state index is 0.0797. The number of nitrogens with one attached hydrogen (secondary N) is 1. The predicted octanol–water partition coefficient (Wildman–Crippen LogP) is 9.55. The Bertz CT molecular complexity index is 1240. The summed E-state index contributed by atoms with van der Waals surface area (Å²) in [4.78, 5) is 13.5. The second-order valence-corrected chi connectivity index (χ2v) is 12.0. The number of benzene rings is 1. The van der Waals surface area contributed by atoms with Gasteiger partial charge < -0.3 is 10.1 Å². The first kappa shape index (κ1) is 31.9. The van der Waals surface area contributed by atoms with Crippen molar-refractivity contribution in [1.82, 2.24) is 5.32 Å². The summed E-state index contributed by atoms with van der Waals surface area (Å²) >= 11 is 0. The van der Waals surface area contributed by atoms with Crippen molar-refractivity contribution in [2.24, 2.45) is 11.8 Å². The normalized spacial score (nSPS) is 22.6. The van der Waals surface area contributed by atoms with Gasteiger partial charge in [-0.3, -0.25) is 4.79 Å². The maximum atomic E-state index is 15.1. The summed E-state index contributed by atoms with van der Waals surface area (Å²) in [5, 5.41) is 3.16. The molecule has 0 aromatic heterocycles. The number of hydrogen-bond donors (Lipinski definition) is 1. The molecule has 2 unspecified atom stereocenters. The molecule has 3 nitrogen and oxygen atoms in total. The molecule has 1 N–H and O–H groups in total. The first-order valence-electron chi connectivity index (χ1n) is 15.9. The van der Waals surface area contributed by atoms with Crippen LogP contribution in [0.3, 0.4) is 0 Å². The Morgan fingerprint density at radius 1 is 0.976 bits per heavy atom. The van der Waals surface area contributed by atoms with Gasteiger partial charge in [0.1, 0.15) is 11.6 Å². The molecule has 1 aliphatic heterocycles. The van der Waals surface area contributed by atoms with Crippen LogP contribution < -0.4 is 5.32 Å². The van der Waals surface area contributed by atoms with Crippen molar-refractivity contribution >= 4 is 5.91 Å². The largest absolute Gasteiger partial charge is 0.381 e. The molecule has 1 fully saturated rings. The molecule has 4 rings (SSSR count). The average molecular weight is 576 g/mol. The number of ether oxygens (including phenoxy) is 1. The van der Waals surface area contributed by atoms with E-state index in [1.807, 2.05) is 25.1 Å². The molecule has 0 spiro atoms. The average Bonchev–Trinajstić information content (AvgIpc) is 3.11. The highest BCUT2D eigenvalue weighted by Gasteiger charge is 2.23. The van der Waals surface area contributed by atoms with Gasteiger partial charge in [0.05, 0.1) is 5.57 Å². The van der Waals surface area contributed by atoms with Crippen LogP contribution in [0.4, 0.5) is 8.78 Å². The van der Waals surface area contributed by atoms with Crippen LogP contribution in [0.2, 0.25) is 0 Å². The number of aryl methyl sites for hydroxylation is 1. The van der Waals surface area contributed by atoms with Crippen LogP contribution in [-0.4, -0.2) is 19.1 Å². The summed E-state index contributed by atoms with van der Waals surface area (Å²) in [6, 6.07) is 6.77. The predicted molar refractivity (Wildman–Crippen MR) is 168 cm³/mol. The number of carbonyl (C=O) groups is 1. The molecule has 226 valence electrons. The van der Waals surface area contributed by atoms with Crippen molar-refractivity contribution < 1.29 is 18.3 Å². The Hall–Kier alpha value is -3.05. The van der Waals surface area contributed by atoms with Gasteiger partial charge in [-0.15, -0.1) is 0 Å². The van der Waals surface area contributed by atoms with Crippen LogP contribution in [0.5, 0.6) is 0 Å². The second-order valence-electron chi connectivity index (χ2n) is 12.0. The lowest BCUT2D eigenvalue weighted by molar-refractivity contribution is -0.116. The monoisotopic (exact) mass is 575 g/mol. The molecule has 3 aliphatic rings. The highest BCUT2D eigenvalue weighted by molar-refractivity contribution is 5.98. The van der Waals surface area contributed by atoms with Gasteiger partial charge in [-0.2, -0.15) is 0 Å². The van der Waals surface area contributed by atoms with E-state index in [2.05, 4.69) is 24.4 Å². The van der Waals surface area contributed by atoms with E-state index in [4.69, 9.17) is 4.74 Å². The van der Waals surface area contributed by atoms with Crippen LogP contribution in [0.25, 0.3) is 0 Å². The number of halogens is 2. The van der Waals surface area contributed by atoms with Crippen molar-refractivity contribution in [2.75, 3.05) is 13.2 Å². The summed E-state index contributed by atoms with van der Waals surface area (Å²) in [7, 11) is 0. The molecule has 1 aromatic rings. The Morgan fingerprint density at radius 3 is 2.57 bits per heavy atom. The summed E-state index contributed by atoms with van der Waals surface area (Å²) in [6.45, 7) is 5.85. The van der Waals surface area contributed by atoms with Crippen LogP contribution >= 0.6 is 0 Å². The molecule has 0 bridgehead atoms. The molecule has 42 heavy (non-hydrogen) atoms. The highest BCUT2D eigenvalue weighted by atomic mass is 19.1. The van der Waals surface area contributed by atoms with Gasteiger partial charge in [-0.1, -0.05) is 49.3 Å². The van der Waals surface area contributed by atoms with Crippen molar-refractivity contribution in [3.63, 3.8) is 0 Å². The summed E-state index contributed by atoms with van der Waals surface area (Å²) in [6.07, 6.45) is 22.7. The van der Waals surface area contributed by atoms with Crippen molar-refractivity contribution in [3.05, 3.63) is 106 Å². The van der Waals surface area contributed by atoms with Gasteiger partial charge in [0.25, 0.3) is 5.91 Å². The van der Waals surface area contributed by atoms with Gasteiger partial charge in [0.2, 0.25) is 0 Å². The topological polar surface area (TPSA) is 38.3 Å². The van der Waals surface area contributed by atoms with Gasteiger partial charge in [-0.25, -0.2) is 8.78 Å². The quantitative estimate of drug-likeness (QED) is 0.314. The number of unbranched alkanes of at least 4 members (excludes halogenated alkanes) is 1. The fraction of sp³-hybridized carbons (Fsp3) is 0.486. The maximum Gasteiger partial charge on any atom is 0.258 e. The van der Waals surface area contributed by atoms with Crippen LogP contribution in [0, 0.1) is 17.7 Å². The SMILES string of the molecule is CC1=C(CCCCc2ccc(F)cc2)C=CC(NC(=O)C2=CC=CC(C)CC=C2F)=C(C2CCCCOCCC2)CC1. The van der Waals surface area contributed by atoms with Crippen molar-refractivity contribution in [3.8, 4) is 0 Å². The van der Waals surface area contributed by atoms with Crippen LogP contribution in [-0.2, 0) is 16.0 Å². The van der Waals surface area contributed by atoms with E-state index in [9.17, 15) is 9.18 Å². The number of hydrogen-bond acceptors (Lipinski definition) is 2. The lowest BCUT2D eigenvalue weighted by Gasteiger charge is -2.26. The molecule has 2 aliphatic carbocycles. The van der Waals surface area contributed by atoms with Crippen LogP contribution in [0.15, 0.2) is 94.5 Å². The zero-order valence-corrected chi connectivity index (χ0v) is 25.4. The van der Waals surface area contributed by atoms with E-state index in [0.717, 1.165) is 95.1 Å².